The molecule has 0 aliphatic rings. The SMILES string of the molecule is C.C.CCCCOCCn1nc2c(-c3ccc(N(c4ccccc4)c4ccccc4)cc3)c3n[s+][n-]c3c(-c3ccc(N(c4ccccc4)c4ccccc4)cc3)c2n1. The number of anilines is 6. The lowest BCUT2D eigenvalue weighted by atomic mass is 9.95. The minimum atomic E-state index is 0. The molecular weight excluding hydrogens is 747 g/mol. The lowest BCUT2D eigenvalue weighted by molar-refractivity contribution is 0.118. The molecule has 7 aromatic carbocycles. The van der Waals surface area contributed by atoms with E-state index in [1.54, 1.807) is 4.80 Å². The monoisotopic (exact) mass is 795 g/mol. The third-order valence-electron chi connectivity index (χ3n) is 10.1. The normalized spacial score (nSPS) is 10.9. The first-order chi connectivity index (χ1) is 28.3. The molecule has 0 saturated heterocycles. The molecule has 2 aromatic heterocycles. The van der Waals surface area contributed by atoms with Gasteiger partial charge in [0.25, 0.3) is 11.7 Å². The van der Waals surface area contributed by atoms with Crippen molar-refractivity contribution in [3.8, 4) is 22.3 Å². The van der Waals surface area contributed by atoms with Crippen LogP contribution in [0, 0.1) is 0 Å². The lowest BCUT2D eigenvalue weighted by Crippen LogP contribution is -2.09. The smallest absolute Gasteiger partial charge is 0.279 e. The van der Waals surface area contributed by atoms with Crippen LogP contribution >= 0.6 is 11.7 Å². The average Bonchev–Trinajstić information content (AvgIpc) is 3.93. The molecule has 0 saturated carbocycles. The second-order valence-corrected chi connectivity index (χ2v) is 14.3. The number of hydrogen-bond donors (Lipinski definition) is 0. The molecule has 296 valence electrons. The summed E-state index contributed by atoms with van der Waals surface area (Å²) in [7, 11) is 0. The maximum absolute atomic E-state index is 5.95. The Labute approximate surface area is 351 Å². The summed E-state index contributed by atoms with van der Waals surface area (Å²) in [6.45, 7) is 3.96. The molecule has 0 unspecified atom stereocenters. The van der Waals surface area contributed by atoms with Crippen molar-refractivity contribution in [3.63, 3.8) is 0 Å². The van der Waals surface area contributed by atoms with Gasteiger partial charge in [-0.1, -0.05) is 125 Å². The highest BCUT2D eigenvalue weighted by molar-refractivity contribution is 7.00. The Morgan fingerprint density at radius 2 is 0.915 bits per heavy atom. The van der Waals surface area contributed by atoms with Crippen molar-refractivity contribution < 1.29 is 4.74 Å². The van der Waals surface area contributed by atoms with E-state index in [0.29, 0.717) is 13.2 Å². The number of benzene rings is 7. The van der Waals surface area contributed by atoms with Crippen LogP contribution in [-0.2, 0) is 11.3 Å². The lowest BCUT2D eigenvalue weighted by Gasteiger charge is -2.25. The zero-order valence-electron chi connectivity index (χ0n) is 31.6. The fourth-order valence-electron chi connectivity index (χ4n) is 7.32. The Hall–Kier alpha value is -6.68. The fraction of sp³-hybridized carbons (Fsp3) is 0.160. The summed E-state index contributed by atoms with van der Waals surface area (Å²) < 4.78 is 15.8. The number of fused-ring (bicyclic) bond motifs is 2. The van der Waals surface area contributed by atoms with Crippen LogP contribution in [0.1, 0.15) is 34.6 Å². The molecule has 0 radical (unpaired) electrons. The van der Waals surface area contributed by atoms with Crippen LogP contribution in [0.25, 0.3) is 44.3 Å². The molecule has 0 aliphatic heterocycles. The van der Waals surface area contributed by atoms with Crippen LogP contribution < -0.4 is 14.2 Å². The van der Waals surface area contributed by atoms with Gasteiger partial charge < -0.3 is 14.5 Å². The molecule has 59 heavy (non-hydrogen) atoms. The minimum absolute atomic E-state index is 0. The molecule has 9 rings (SSSR count). The molecule has 0 bridgehead atoms. The molecule has 9 aromatic rings. The van der Waals surface area contributed by atoms with E-state index in [4.69, 9.17) is 23.7 Å². The summed E-state index contributed by atoms with van der Waals surface area (Å²) in [4.78, 5) is 6.29. The van der Waals surface area contributed by atoms with Crippen molar-refractivity contribution in [2.75, 3.05) is 23.0 Å². The topological polar surface area (TPSA) is 73.4 Å². The minimum Gasteiger partial charge on any atom is -0.379 e. The number of rotatable bonds is 14. The van der Waals surface area contributed by atoms with Crippen LogP contribution in [0.15, 0.2) is 170 Å². The van der Waals surface area contributed by atoms with E-state index in [2.05, 4.69) is 162 Å². The van der Waals surface area contributed by atoms with E-state index >= 15 is 0 Å². The average molecular weight is 796 g/mol. The first kappa shape index (κ1) is 40.5. The van der Waals surface area contributed by atoms with Gasteiger partial charge in [0.2, 0.25) is 0 Å². The predicted molar refractivity (Wildman–Crippen MR) is 248 cm³/mol. The quantitative estimate of drug-likeness (QED) is 0.0801. The standard InChI is InChI=1S/C48H41N7OS.2CH4/c1-2-3-33-56-34-32-53-49-45-43(35-24-28-41(29-25-35)54(37-16-8-4-9-17-37)38-18-10-5-11-19-38)47-48(52-57-51-47)44(46(45)50-53)36-26-30-42(31-27-36)55(39-20-12-6-13-21-39)40-22-14-7-15-23-40;;/h4-31H,2-3,32-34H2,1H3;2*1H4. The summed E-state index contributed by atoms with van der Waals surface area (Å²) in [6, 6.07) is 59.0. The van der Waals surface area contributed by atoms with Gasteiger partial charge in [0.1, 0.15) is 11.0 Å². The Balaban J connectivity index is 0.00000264. The number of unbranched alkanes of at least 4 members (excludes halogenated alkanes) is 1. The summed E-state index contributed by atoms with van der Waals surface area (Å²) in [5, 5.41) is 10.3. The van der Waals surface area contributed by atoms with Gasteiger partial charge in [-0.3, -0.25) is 0 Å². The van der Waals surface area contributed by atoms with Gasteiger partial charge in [-0.25, -0.2) is 0 Å². The van der Waals surface area contributed by atoms with E-state index in [9.17, 15) is 0 Å². The van der Waals surface area contributed by atoms with Crippen molar-refractivity contribution in [2.45, 2.75) is 41.2 Å². The molecule has 0 spiro atoms. The summed E-state index contributed by atoms with van der Waals surface area (Å²) >= 11 is 1.22. The van der Waals surface area contributed by atoms with Gasteiger partial charge in [-0.15, -0.1) is 0 Å². The Kier molecular flexibility index (Phi) is 12.9. The van der Waals surface area contributed by atoms with Gasteiger partial charge in [-0.05, 0) is 90.3 Å². The molecule has 2 heterocycles. The van der Waals surface area contributed by atoms with Crippen molar-refractivity contribution in [2.24, 2.45) is 0 Å². The molecule has 0 amide bonds. The zero-order chi connectivity index (χ0) is 38.4. The predicted octanol–water partition coefficient (Wildman–Crippen LogP) is 13.6. The number of para-hydroxylation sites is 4. The van der Waals surface area contributed by atoms with Gasteiger partial charge >= 0.3 is 0 Å². The van der Waals surface area contributed by atoms with Gasteiger partial charge in [0.05, 0.1) is 13.2 Å². The van der Waals surface area contributed by atoms with Gasteiger partial charge in [0, 0.05) is 62.9 Å². The van der Waals surface area contributed by atoms with Crippen LogP contribution in [-0.4, -0.2) is 32.6 Å². The van der Waals surface area contributed by atoms with Crippen molar-refractivity contribution in [3.05, 3.63) is 170 Å². The van der Waals surface area contributed by atoms with E-state index in [1.165, 1.54) is 11.7 Å². The number of nitrogens with zero attached hydrogens (tertiary/aromatic N) is 7. The molecule has 8 nitrogen and oxygen atoms in total. The van der Waals surface area contributed by atoms with Crippen LogP contribution in [0.4, 0.5) is 34.1 Å². The van der Waals surface area contributed by atoms with Gasteiger partial charge in [-0.2, -0.15) is 23.7 Å². The van der Waals surface area contributed by atoms with Crippen molar-refractivity contribution >= 4 is 67.9 Å². The Morgan fingerprint density at radius 3 is 1.36 bits per heavy atom. The number of hydrogen-bond acceptors (Lipinski definition) is 6. The summed E-state index contributed by atoms with van der Waals surface area (Å²) in [5.41, 5.74) is 13.5. The summed E-state index contributed by atoms with van der Waals surface area (Å²) in [5.74, 6) is 0. The zero-order valence-corrected chi connectivity index (χ0v) is 32.5. The van der Waals surface area contributed by atoms with Crippen LogP contribution in [0.2, 0.25) is 0 Å². The molecule has 0 atom stereocenters. The highest BCUT2D eigenvalue weighted by atomic mass is 32.1. The Morgan fingerprint density at radius 1 is 0.508 bits per heavy atom. The van der Waals surface area contributed by atoms with E-state index in [0.717, 1.165) is 97.9 Å². The van der Waals surface area contributed by atoms with Gasteiger partial charge in [0.15, 0.2) is 0 Å². The second-order valence-electron chi connectivity index (χ2n) is 13.8. The third kappa shape index (κ3) is 8.34. The molecule has 9 heteroatoms. The first-order valence-corrected chi connectivity index (χ1v) is 20.1. The Bertz CT molecular complexity index is 2430. The highest BCUT2D eigenvalue weighted by Crippen LogP contribution is 2.43. The van der Waals surface area contributed by atoms with E-state index in [-0.39, 0.29) is 14.9 Å². The number of ether oxygens (including phenoxy) is 1. The van der Waals surface area contributed by atoms with E-state index in [1.807, 2.05) is 24.3 Å². The maximum Gasteiger partial charge on any atom is 0.279 e. The fourth-order valence-corrected chi connectivity index (χ4v) is 7.88. The van der Waals surface area contributed by atoms with Crippen molar-refractivity contribution in [1.82, 2.24) is 23.7 Å². The van der Waals surface area contributed by atoms with Crippen LogP contribution in [0.3, 0.4) is 0 Å². The highest BCUT2D eigenvalue weighted by Gasteiger charge is 2.23. The summed E-state index contributed by atoms with van der Waals surface area (Å²) in [6.07, 6.45) is 2.12. The first-order valence-electron chi connectivity index (χ1n) is 19.4. The second kappa shape index (κ2) is 18.7. The number of aromatic nitrogens is 5. The molecule has 0 aliphatic carbocycles. The molecular formula is C50H49N7OS. The third-order valence-corrected chi connectivity index (χ3v) is 10.6. The maximum atomic E-state index is 5.95. The van der Waals surface area contributed by atoms with E-state index < -0.39 is 0 Å². The molecule has 0 fully saturated rings. The van der Waals surface area contributed by atoms with Crippen LogP contribution in [0.5, 0.6) is 0 Å². The largest absolute Gasteiger partial charge is 0.379 e. The van der Waals surface area contributed by atoms with Crippen molar-refractivity contribution in [1.29, 1.82) is 0 Å². The molecule has 0 N–H and O–H groups in total.